The van der Waals surface area contributed by atoms with Crippen LogP contribution in [0.25, 0.3) is 0 Å². The maximum absolute atomic E-state index is 4.19. The second-order valence-electron chi connectivity index (χ2n) is 2.36. The van der Waals surface area contributed by atoms with Crippen LogP contribution in [0, 0.1) is 0 Å². The summed E-state index contributed by atoms with van der Waals surface area (Å²) in [6, 6.07) is 0. The number of thiazole rings is 1. The minimum Gasteiger partial charge on any atom is -0.354 e. The molecule has 2 N–H and O–H groups in total. The summed E-state index contributed by atoms with van der Waals surface area (Å²) in [4.78, 5) is 11.3. The van der Waals surface area contributed by atoms with Crippen LogP contribution in [-0.2, 0) is 6.54 Å². The number of H-pyrrole nitrogens is 1. The lowest BCUT2D eigenvalue weighted by atomic mass is 10.6. The fourth-order valence-corrected chi connectivity index (χ4v) is 2.03. The van der Waals surface area contributed by atoms with E-state index in [0.717, 1.165) is 15.6 Å². The molecule has 0 saturated heterocycles. The van der Waals surface area contributed by atoms with Gasteiger partial charge in [-0.25, -0.2) is 9.97 Å². The molecule has 0 atom stereocenters. The van der Waals surface area contributed by atoms with Crippen molar-refractivity contribution in [1.82, 2.24) is 15.0 Å². The van der Waals surface area contributed by atoms with Gasteiger partial charge in [-0.3, -0.25) is 0 Å². The van der Waals surface area contributed by atoms with Crippen molar-refractivity contribution >= 4 is 32.4 Å². The quantitative estimate of drug-likeness (QED) is 0.888. The molecule has 0 aliphatic rings. The summed E-state index contributed by atoms with van der Waals surface area (Å²) in [6.07, 6.45) is 3.53. The first-order chi connectivity index (χ1) is 6.34. The number of halogens is 1. The van der Waals surface area contributed by atoms with Gasteiger partial charge in [0.2, 0.25) is 0 Å². The molecule has 2 heterocycles. The average Bonchev–Trinajstić information content (AvgIpc) is 2.71. The normalized spacial score (nSPS) is 10.2. The average molecular weight is 259 g/mol. The van der Waals surface area contributed by atoms with Crippen LogP contribution in [0.4, 0.5) is 5.13 Å². The molecule has 2 rings (SSSR count). The molecular weight excluding hydrogens is 252 g/mol. The van der Waals surface area contributed by atoms with Crippen LogP contribution in [0.15, 0.2) is 22.4 Å². The lowest BCUT2D eigenvalue weighted by Crippen LogP contribution is -2.00. The van der Waals surface area contributed by atoms with Crippen LogP contribution in [0.5, 0.6) is 0 Å². The Kier molecular flexibility index (Phi) is 2.60. The van der Waals surface area contributed by atoms with Crippen LogP contribution >= 0.6 is 27.3 Å². The van der Waals surface area contributed by atoms with Crippen LogP contribution in [0.1, 0.15) is 5.82 Å². The van der Waals surface area contributed by atoms with Gasteiger partial charge < -0.3 is 10.3 Å². The number of aromatic nitrogens is 3. The van der Waals surface area contributed by atoms with Gasteiger partial charge in [-0.15, -0.1) is 11.3 Å². The molecule has 2 aromatic heterocycles. The molecule has 0 radical (unpaired) electrons. The summed E-state index contributed by atoms with van der Waals surface area (Å²) in [5.41, 5.74) is 0. The Labute approximate surface area is 87.6 Å². The first-order valence-corrected chi connectivity index (χ1v) is 5.35. The predicted molar refractivity (Wildman–Crippen MR) is 55.7 cm³/mol. The highest BCUT2D eigenvalue weighted by Crippen LogP contribution is 2.19. The first-order valence-electron chi connectivity index (χ1n) is 3.68. The summed E-state index contributed by atoms with van der Waals surface area (Å²) in [7, 11) is 0. The van der Waals surface area contributed by atoms with Crippen LogP contribution in [-0.4, -0.2) is 15.0 Å². The third kappa shape index (κ3) is 2.28. The molecule has 0 aromatic carbocycles. The maximum Gasteiger partial charge on any atom is 0.184 e. The first kappa shape index (κ1) is 8.71. The van der Waals surface area contributed by atoms with Gasteiger partial charge in [0.25, 0.3) is 0 Å². The lowest BCUT2D eigenvalue weighted by Gasteiger charge is -1.97. The summed E-state index contributed by atoms with van der Waals surface area (Å²) in [6.45, 7) is 0.674. The molecule has 2 aromatic rings. The summed E-state index contributed by atoms with van der Waals surface area (Å²) in [5, 5.41) is 5.98. The smallest absolute Gasteiger partial charge is 0.184 e. The van der Waals surface area contributed by atoms with Gasteiger partial charge in [-0.1, -0.05) is 0 Å². The Morgan fingerprint density at radius 2 is 2.54 bits per heavy atom. The minimum atomic E-state index is 0.674. The van der Waals surface area contributed by atoms with Crippen molar-refractivity contribution in [1.29, 1.82) is 0 Å². The highest BCUT2D eigenvalue weighted by atomic mass is 79.9. The Morgan fingerprint density at radius 3 is 3.15 bits per heavy atom. The van der Waals surface area contributed by atoms with E-state index < -0.39 is 0 Å². The monoisotopic (exact) mass is 258 g/mol. The Morgan fingerprint density at radius 1 is 1.62 bits per heavy atom. The van der Waals surface area contributed by atoms with Crippen molar-refractivity contribution in [2.45, 2.75) is 6.54 Å². The largest absolute Gasteiger partial charge is 0.354 e. The predicted octanol–water partition coefficient (Wildman–Crippen LogP) is 2.24. The van der Waals surface area contributed by atoms with E-state index in [-0.39, 0.29) is 0 Å². The molecule has 13 heavy (non-hydrogen) atoms. The van der Waals surface area contributed by atoms with Crippen LogP contribution in [0.3, 0.4) is 0 Å². The van der Waals surface area contributed by atoms with E-state index in [9.17, 15) is 0 Å². The van der Waals surface area contributed by atoms with Gasteiger partial charge in [0, 0.05) is 17.8 Å². The van der Waals surface area contributed by atoms with Crippen molar-refractivity contribution in [2.75, 3.05) is 5.32 Å². The summed E-state index contributed by atoms with van der Waals surface area (Å²) in [5.74, 6) is 0.909. The molecule has 0 aliphatic heterocycles. The van der Waals surface area contributed by atoms with E-state index in [0.29, 0.717) is 6.54 Å². The third-order valence-electron chi connectivity index (χ3n) is 1.44. The molecule has 0 aliphatic carbocycles. The van der Waals surface area contributed by atoms with Gasteiger partial charge in [0.1, 0.15) is 10.4 Å². The molecule has 68 valence electrons. The van der Waals surface area contributed by atoms with Gasteiger partial charge in [-0.2, -0.15) is 0 Å². The van der Waals surface area contributed by atoms with E-state index in [2.05, 4.69) is 36.2 Å². The Balaban J connectivity index is 1.93. The van der Waals surface area contributed by atoms with Crippen LogP contribution in [0.2, 0.25) is 0 Å². The van der Waals surface area contributed by atoms with E-state index >= 15 is 0 Å². The lowest BCUT2D eigenvalue weighted by molar-refractivity contribution is 0.995. The highest BCUT2D eigenvalue weighted by molar-refractivity contribution is 9.10. The molecule has 6 heteroatoms. The third-order valence-corrected chi connectivity index (χ3v) is 2.95. The standard InChI is InChI=1S/C7H7BrN4S/c8-5-4-13-7(12-5)11-3-6-9-1-2-10-6/h1-2,4H,3H2,(H,9,10)(H,11,12). The fourth-order valence-electron chi connectivity index (χ4n) is 0.889. The molecule has 0 unspecified atom stereocenters. The SMILES string of the molecule is Brc1csc(NCc2ncc[nH]2)n1. The molecule has 0 spiro atoms. The summed E-state index contributed by atoms with van der Waals surface area (Å²) < 4.78 is 0.861. The zero-order valence-corrected chi connectivity index (χ0v) is 9.02. The van der Waals surface area contributed by atoms with Crippen molar-refractivity contribution in [3.8, 4) is 0 Å². The topological polar surface area (TPSA) is 53.6 Å². The number of nitrogens with one attached hydrogen (secondary N) is 2. The number of aromatic amines is 1. The van der Waals surface area contributed by atoms with Gasteiger partial charge in [-0.05, 0) is 15.9 Å². The molecule has 0 bridgehead atoms. The molecule has 0 saturated carbocycles. The number of hydrogen-bond donors (Lipinski definition) is 2. The maximum atomic E-state index is 4.19. The molecule has 4 nitrogen and oxygen atoms in total. The number of hydrogen-bond acceptors (Lipinski definition) is 4. The van der Waals surface area contributed by atoms with E-state index in [1.165, 1.54) is 0 Å². The van der Waals surface area contributed by atoms with Crippen molar-refractivity contribution in [3.05, 3.63) is 28.2 Å². The van der Waals surface area contributed by atoms with Crippen LogP contribution < -0.4 is 5.32 Å². The van der Waals surface area contributed by atoms with Crippen molar-refractivity contribution < 1.29 is 0 Å². The van der Waals surface area contributed by atoms with Gasteiger partial charge in [0.15, 0.2) is 5.13 Å². The summed E-state index contributed by atoms with van der Waals surface area (Å²) >= 11 is 4.85. The second-order valence-corrected chi connectivity index (χ2v) is 4.04. The van der Waals surface area contributed by atoms with E-state index in [1.54, 1.807) is 23.7 Å². The highest BCUT2D eigenvalue weighted by Gasteiger charge is 1.99. The molecule has 0 amide bonds. The zero-order chi connectivity index (χ0) is 9.10. The second kappa shape index (κ2) is 3.89. The number of nitrogens with zero attached hydrogens (tertiary/aromatic N) is 2. The molecular formula is C7H7BrN4S. The van der Waals surface area contributed by atoms with Gasteiger partial charge in [0.05, 0.1) is 6.54 Å². The number of anilines is 1. The van der Waals surface area contributed by atoms with Crippen molar-refractivity contribution in [3.63, 3.8) is 0 Å². The number of rotatable bonds is 3. The van der Waals surface area contributed by atoms with E-state index in [1.807, 2.05) is 5.38 Å². The molecule has 0 fully saturated rings. The minimum absolute atomic E-state index is 0.674. The van der Waals surface area contributed by atoms with E-state index in [4.69, 9.17) is 0 Å². The zero-order valence-electron chi connectivity index (χ0n) is 6.62. The van der Waals surface area contributed by atoms with Gasteiger partial charge >= 0.3 is 0 Å². The number of imidazole rings is 1. The van der Waals surface area contributed by atoms with Crippen molar-refractivity contribution in [2.24, 2.45) is 0 Å². The fraction of sp³-hybridized carbons (Fsp3) is 0.143. The Hall–Kier alpha value is -0.880. The Bertz CT molecular complexity index is 370.